The van der Waals surface area contributed by atoms with Crippen molar-refractivity contribution in [1.82, 2.24) is 0 Å². The summed E-state index contributed by atoms with van der Waals surface area (Å²) in [6.45, 7) is 2.28. The summed E-state index contributed by atoms with van der Waals surface area (Å²) in [6.07, 6.45) is 3.45. The van der Waals surface area contributed by atoms with Gasteiger partial charge in [-0.2, -0.15) is 0 Å². The molecule has 0 aliphatic carbocycles. The first-order chi connectivity index (χ1) is 12.0. The van der Waals surface area contributed by atoms with Crippen molar-refractivity contribution in [3.63, 3.8) is 0 Å². The van der Waals surface area contributed by atoms with Crippen LogP contribution < -0.4 is 0 Å². The van der Waals surface area contributed by atoms with Crippen molar-refractivity contribution in [2.45, 2.75) is 32.0 Å². The van der Waals surface area contributed by atoms with Gasteiger partial charge in [0, 0.05) is 18.6 Å². The molecule has 0 saturated heterocycles. The monoisotopic (exact) mass is 349 g/mol. The molecule has 0 fully saturated rings. The fourth-order valence-electron chi connectivity index (χ4n) is 2.25. The van der Waals surface area contributed by atoms with E-state index in [0.29, 0.717) is 13.0 Å². The maximum Gasteiger partial charge on any atom is 0.338 e. The molecule has 1 aliphatic heterocycles. The van der Waals surface area contributed by atoms with E-state index in [9.17, 15) is 19.7 Å². The lowest BCUT2D eigenvalue weighted by atomic mass is 10.1. The lowest BCUT2D eigenvalue weighted by molar-refractivity contribution is -0.384. The average molecular weight is 349 g/mol. The van der Waals surface area contributed by atoms with E-state index in [1.807, 2.05) is 0 Å². The largest absolute Gasteiger partial charge is 0.466 e. The van der Waals surface area contributed by atoms with Crippen molar-refractivity contribution in [2.75, 3.05) is 13.2 Å². The number of esters is 2. The van der Waals surface area contributed by atoms with Crippen LogP contribution in [0.15, 0.2) is 36.4 Å². The van der Waals surface area contributed by atoms with E-state index in [4.69, 9.17) is 14.2 Å². The minimum Gasteiger partial charge on any atom is -0.466 e. The molecule has 1 unspecified atom stereocenters. The van der Waals surface area contributed by atoms with Crippen molar-refractivity contribution >= 4 is 17.6 Å². The second-order valence-electron chi connectivity index (χ2n) is 5.35. The zero-order valence-electron chi connectivity index (χ0n) is 13.8. The Hall–Kier alpha value is -2.74. The molecule has 0 spiro atoms. The summed E-state index contributed by atoms with van der Waals surface area (Å²) in [5, 5.41) is 10.6. The molecule has 0 saturated carbocycles. The topological polar surface area (TPSA) is 105 Å². The van der Waals surface area contributed by atoms with E-state index in [1.54, 1.807) is 19.1 Å². The number of benzene rings is 1. The van der Waals surface area contributed by atoms with Crippen LogP contribution >= 0.6 is 0 Å². The van der Waals surface area contributed by atoms with E-state index in [-0.39, 0.29) is 36.4 Å². The number of carbonyl (C=O) groups excluding carboxylic acids is 2. The SMILES string of the molecule is CCOC(=O)CCC1C=C[C@H](OC(=O)c2ccc([N+](=O)[O-])cc2)CO1. The van der Waals surface area contributed by atoms with Gasteiger partial charge in [-0.1, -0.05) is 6.08 Å². The minimum absolute atomic E-state index is 0.0955. The first-order valence-corrected chi connectivity index (χ1v) is 7.90. The Morgan fingerprint density at radius 2 is 2.00 bits per heavy atom. The van der Waals surface area contributed by atoms with Gasteiger partial charge < -0.3 is 14.2 Å². The summed E-state index contributed by atoms with van der Waals surface area (Å²) >= 11 is 0. The summed E-state index contributed by atoms with van der Waals surface area (Å²) in [4.78, 5) is 33.4. The van der Waals surface area contributed by atoms with E-state index < -0.39 is 17.0 Å². The maximum atomic E-state index is 12.0. The number of carbonyl (C=O) groups is 2. The molecule has 2 rings (SSSR count). The van der Waals surface area contributed by atoms with Gasteiger partial charge in [0.15, 0.2) is 0 Å². The molecule has 134 valence electrons. The molecular weight excluding hydrogens is 330 g/mol. The molecule has 1 aliphatic rings. The van der Waals surface area contributed by atoms with Crippen molar-refractivity contribution in [3.05, 3.63) is 52.1 Å². The summed E-state index contributed by atoms with van der Waals surface area (Å²) < 4.78 is 15.7. The lowest BCUT2D eigenvalue weighted by Crippen LogP contribution is -2.29. The normalized spacial score (nSPS) is 19.2. The number of non-ortho nitro benzene ring substituents is 1. The molecule has 0 amide bonds. The molecule has 8 nitrogen and oxygen atoms in total. The van der Waals surface area contributed by atoms with Crippen LogP contribution in [0.1, 0.15) is 30.1 Å². The zero-order valence-corrected chi connectivity index (χ0v) is 13.8. The summed E-state index contributed by atoms with van der Waals surface area (Å²) in [5.41, 5.74) is 0.130. The molecule has 25 heavy (non-hydrogen) atoms. The number of nitrogens with zero attached hydrogens (tertiary/aromatic N) is 1. The zero-order chi connectivity index (χ0) is 18.2. The van der Waals surface area contributed by atoms with E-state index in [2.05, 4.69) is 0 Å². The Balaban J connectivity index is 1.81. The highest BCUT2D eigenvalue weighted by molar-refractivity contribution is 5.89. The van der Waals surface area contributed by atoms with Gasteiger partial charge in [-0.15, -0.1) is 0 Å². The molecule has 0 bridgehead atoms. The van der Waals surface area contributed by atoms with Gasteiger partial charge in [0.05, 0.1) is 29.8 Å². The van der Waals surface area contributed by atoms with Crippen LogP contribution in [0.2, 0.25) is 0 Å². The standard InChI is InChI=1S/C17H19NO7/c1-2-23-16(19)10-9-14-7-8-15(11-24-14)25-17(20)12-3-5-13(6-4-12)18(21)22/h3-8,14-15H,2,9-11H2,1H3/t14?,15-/m0/s1. The van der Waals surface area contributed by atoms with Crippen molar-refractivity contribution < 1.29 is 28.7 Å². The van der Waals surface area contributed by atoms with Gasteiger partial charge in [-0.3, -0.25) is 14.9 Å². The quantitative estimate of drug-likeness (QED) is 0.322. The highest BCUT2D eigenvalue weighted by Gasteiger charge is 2.21. The predicted molar refractivity (Wildman–Crippen MR) is 87.0 cm³/mol. The van der Waals surface area contributed by atoms with Gasteiger partial charge in [-0.05, 0) is 31.6 Å². The summed E-state index contributed by atoms with van der Waals surface area (Å²) in [6, 6.07) is 5.18. The first kappa shape index (κ1) is 18.6. The highest BCUT2D eigenvalue weighted by atomic mass is 16.6. The number of nitro groups is 1. The number of ether oxygens (including phenoxy) is 3. The number of hydrogen-bond donors (Lipinski definition) is 0. The van der Waals surface area contributed by atoms with E-state index in [0.717, 1.165) is 0 Å². The summed E-state index contributed by atoms with van der Waals surface area (Å²) in [5.74, 6) is -0.857. The predicted octanol–water partition coefficient (Wildman–Crippen LogP) is 2.42. The smallest absolute Gasteiger partial charge is 0.338 e. The van der Waals surface area contributed by atoms with Crippen molar-refractivity contribution in [1.29, 1.82) is 0 Å². The Kier molecular flexibility index (Phi) is 6.64. The van der Waals surface area contributed by atoms with Crippen LogP contribution in [0.4, 0.5) is 5.69 Å². The number of hydrogen-bond acceptors (Lipinski definition) is 7. The third kappa shape index (κ3) is 5.68. The Bertz CT molecular complexity index is 653. The molecular formula is C17H19NO7. The summed E-state index contributed by atoms with van der Waals surface area (Å²) in [7, 11) is 0. The van der Waals surface area contributed by atoms with Gasteiger partial charge in [0.2, 0.25) is 0 Å². The molecule has 2 atom stereocenters. The fraction of sp³-hybridized carbons (Fsp3) is 0.412. The second kappa shape index (κ2) is 8.93. The third-order valence-electron chi connectivity index (χ3n) is 3.53. The second-order valence-corrected chi connectivity index (χ2v) is 5.35. The van der Waals surface area contributed by atoms with Crippen LogP contribution in [0.3, 0.4) is 0 Å². The van der Waals surface area contributed by atoms with Gasteiger partial charge in [0.25, 0.3) is 5.69 Å². The molecule has 0 aromatic heterocycles. The van der Waals surface area contributed by atoms with Crippen LogP contribution in [0.5, 0.6) is 0 Å². The van der Waals surface area contributed by atoms with Crippen molar-refractivity contribution in [3.8, 4) is 0 Å². The van der Waals surface area contributed by atoms with Gasteiger partial charge >= 0.3 is 11.9 Å². The van der Waals surface area contributed by atoms with Gasteiger partial charge in [0.1, 0.15) is 6.10 Å². The van der Waals surface area contributed by atoms with E-state index >= 15 is 0 Å². The molecule has 1 aromatic carbocycles. The third-order valence-corrected chi connectivity index (χ3v) is 3.53. The molecule has 8 heteroatoms. The maximum absolute atomic E-state index is 12.0. The van der Waals surface area contributed by atoms with Crippen LogP contribution in [0, 0.1) is 10.1 Å². The first-order valence-electron chi connectivity index (χ1n) is 7.90. The van der Waals surface area contributed by atoms with Gasteiger partial charge in [-0.25, -0.2) is 4.79 Å². The minimum atomic E-state index is -0.585. The Morgan fingerprint density at radius 1 is 1.28 bits per heavy atom. The molecule has 0 radical (unpaired) electrons. The number of nitro benzene ring substituents is 1. The highest BCUT2D eigenvalue weighted by Crippen LogP contribution is 2.16. The van der Waals surface area contributed by atoms with Crippen molar-refractivity contribution in [2.24, 2.45) is 0 Å². The Morgan fingerprint density at radius 3 is 2.56 bits per heavy atom. The Labute approximate surface area is 144 Å². The van der Waals surface area contributed by atoms with Crippen LogP contribution in [-0.4, -0.2) is 42.3 Å². The molecule has 1 aromatic rings. The molecule has 1 heterocycles. The van der Waals surface area contributed by atoms with Crippen LogP contribution in [0.25, 0.3) is 0 Å². The fourth-order valence-corrected chi connectivity index (χ4v) is 2.25. The molecule has 0 N–H and O–H groups in total. The van der Waals surface area contributed by atoms with E-state index in [1.165, 1.54) is 24.3 Å². The lowest BCUT2D eigenvalue weighted by Gasteiger charge is -2.23. The average Bonchev–Trinajstić information content (AvgIpc) is 2.61. The van der Waals surface area contributed by atoms with Crippen LogP contribution in [-0.2, 0) is 19.0 Å². The number of rotatable bonds is 7.